The topological polar surface area (TPSA) is 85.2 Å². The highest BCUT2D eigenvalue weighted by molar-refractivity contribution is 5.96. The molecule has 0 aliphatic carbocycles. The smallest absolute Gasteiger partial charge is 0.276 e. The summed E-state index contributed by atoms with van der Waals surface area (Å²) < 4.78 is 5.76. The van der Waals surface area contributed by atoms with Crippen LogP contribution in [0.5, 0.6) is 0 Å². The monoisotopic (exact) mass is 300 g/mol. The number of carbonyl (C=O) groups excluding carboxylic acids is 1. The second-order valence-electron chi connectivity index (χ2n) is 5.60. The number of furan rings is 1. The van der Waals surface area contributed by atoms with Crippen LogP contribution in [0.1, 0.15) is 53.7 Å². The lowest BCUT2D eigenvalue weighted by atomic mass is 10.1. The number of amides is 1. The van der Waals surface area contributed by atoms with E-state index in [2.05, 4.69) is 9.97 Å². The number of aryl methyl sites for hydroxylation is 1. The lowest BCUT2D eigenvalue weighted by Crippen LogP contribution is -2.35. The molecule has 22 heavy (non-hydrogen) atoms. The van der Waals surface area contributed by atoms with Gasteiger partial charge in [-0.3, -0.25) is 4.79 Å². The van der Waals surface area contributed by atoms with E-state index in [4.69, 9.17) is 10.2 Å². The molecule has 6 heteroatoms. The van der Waals surface area contributed by atoms with Gasteiger partial charge in [0.25, 0.3) is 5.91 Å². The molecule has 0 radical (unpaired) electrons. The highest BCUT2D eigenvalue weighted by atomic mass is 16.3. The molecule has 1 aliphatic heterocycles. The Kier molecular flexibility index (Phi) is 4.09. The molecule has 116 valence electrons. The van der Waals surface area contributed by atoms with Crippen LogP contribution in [0.3, 0.4) is 0 Å². The number of likely N-dealkylation sites (tertiary alicyclic amines) is 1. The van der Waals surface area contributed by atoms with Gasteiger partial charge < -0.3 is 15.1 Å². The van der Waals surface area contributed by atoms with E-state index in [1.54, 1.807) is 0 Å². The Bertz CT molecular complexity index is 668. The molecular weight excluding hydrogens is 280 g/mol. The lowest BCUT2D eigenvalue weighted by molar-refractivity contribution is 0.0652. The highest BCUT2D eigenvalue weighted by Crippen LogP contribution is 2.32. The van der Waals surface area contributed by atoms with Gasteiger partial charge in [-0.25, -0.2) is 9.97 Å². The second-order valence-corrected chi connectivity index (χ2v) is 5.60. The van der Waals surface area contributed by atoms with Gasteiger partial charge in [0, 0.05) is 18.9 Å². The van der Waals surface area contributed by atoms with Gasteiger partial charge in [0.05, 0.1) is 6.04 Å². The standard InChI is InChI=1S/C16H20N4O2/c1-11-6-7-13(22-11)12-5-3-2-4-10-20(12)16(21)14-15(17)19-9-8-18-14/h6-9,12H,2-5,10H2,1H3,(H2,17,19). The van der Waals surface area contributed by atoms with Crippen molar-refractivity contribution in [2.75, 3.05) is 12.3 Å². The number of carbonyl (C=O) groups is 1. The van der Waals surface area contributed by atoms with Crippen molar-refractivity contribution in [2.24, 2.45) is 0 Å². The van der Waals surface area contributed by atoms with Gasteiger partial charge in [-0.05, 0) is 31.9 Å². The molecule has 3 rings (SSSR count). The number of nitrogen functional groups attached to an aromatic ring is 1. The molecule has 1 atom stereocenters. The number of nitrogens with zero attached hydrogens (tertiary/aromatic N) is 3. The first-order valence-corrected chi connectivity index (χ1v) is 7.60. The van der Waals surface area contributed by atoms with Gasteiger partial charge in [0.2, 0.25) is 0 Å². The summed E-state index contributed by atoms with van der Waals surface area (Å²) in [5, 5.41) is 0. The summed E-state index contributed by atoms with van der Waals surface area (Å²) in [7, 11) is 0. The van der Waals surface area contributed by atoms with E-state index in [-0.39, 0.29) is 23.5 Å². The fraction of sp³-hybridized carbons (Fsp3) is 0.438. The number of hydrogen-bond donors (Lipinski definition) is 1. The van der Waals surface area contributed by atoms with Gasteiger partial charge in [-0.15, -0.1) is 0 Å². The minimum Gasteiger partial charge on any atom is -0.464 e. The molecule has 0 spiro atoms. The number of nitrogens with two attached hydrogens (primary N) is 1. The fourth-order valence-corrected chi connectivity index (χ4v) is 2.93. The third kappa shape index (κ3) is 2.81. The minimum atomic E-state index is -0.174. The van der Waals surface area contributed by atoms with Crippen LogP contribution in [0, 0.1) is 6.92 Å². The summed E-state index contributed by atoms with van der Waals surface area (Å²) in [5.74, 6) is 1.68. The fourth-order valence-electron chi connectivity index (χ4n) is 2.93. The molecule has 1 fully saturated rings. The average molecular weight is 300 g/mol. The van der Waals surface area contributed by atoms with Crippen molar-refractivity contribution < 1.29 is 9.21 Å². The molecular formula is C16H20N4O2. The maximum absolute atomic E-state index is 12.9. The van der Waals surface area contributed by atoms with Crippen LogP contribution < -0.4 is 5.73 Å². The zero-order valence-corrected chi connectivity index (χ0v) is 12.7. The van der Waals surface area contributed by atoms with E-state index >= 15 is 0 Å². The van der Waals surface area contributed by atoms with Crippen LogP contribution in [0.25, 0.3) is 0 Å². The molecule has 1 amide bonds. The van der Waals surface area contributed by atoms with Crippen molar-refractivity contribution in [1.29, 1.82) is 0 Å². The van der Waals surface area contributed by atoms with Crippen LogP contribution in [0.2, 0.25) is 0 Å². The average Bonchev–Trinajstić information content (AvgIpc) is 2.80. The van der Waals surface area contributed by atoms with Gasteiger partial charge in [-0.1, -0.05) is 12.8 Å². The SMILES string of the molecule is Cc1ccc(C2CCCCCN2C(=O)c2nccnc2N)o1. The van der Waals surface area contributed by atoms with Crippen molar-refractivity contribution in [3.05, 3.63) is 41.7 Å². The van der Waals surface area contributed by atoms with Crippen LogP contribution in [0.15, 0.2) is 28.9 Å². The summed E-state index contributed by atoms with van der Waals surface area (Å²) in [6.07, 6.45) is 7.02. The predicted octanol–water partition coefficient (Wildman–Crippen LogP) is 2.72. The summed E-state index contributed by atoms with van der Waals surface area (Å²) in [6.45, 7) is 2.59. The Morgan fingerprint density at radius 2 is 2.09 bits per heavy atom. The van der Waals surface area contributed by atoms with Gasteiger partial charge >= 0.3 is 0 Å². The van der Waals surface area contributed by atoms with Crippen molar-refractivity contribution in [3.8, 4) is 0 Å². The third-order valence-corrected chi connectivity index (χ3v) is 4.03. The van der Waals surface area contributed by atoms with E-state index in [0.29, 0.717) is 6.54 Å². The van der Waals surface area contributed by atoms with Gasteiger partial charge in [-0.2, -0.15) is 0 Å². The first-order chi connectivity index (χ1) is 10.7. The third-order valence-electron chi connectivity index (χ3n) is 4.03. The first kappa shape index (κ1) is 14.6. The predicted molar refractivity (Wildman–Crippen MR) is 82.1 cm³/mol. The Morgan fingerprint density at radius 3 is 2.82 bits per heavy atom. The molecule has 2 aromatic heterocycles. The van der Waals surface area contributed by atoms with E-state index in [1.807, 2.05) is 24.0 Å². The van der Waals surface area contributed by atoms with Crippen molar-refractivity contribution >= 4 is 11.7 Å². The molecule has 1 aliphatic rings. The van der Waals surface area contributed by atoms with Crippen LogP contribution in [-0.4, -0.2) is 27.3 Å². The summed E-state index contributed by atoms with van der Waals surface area (Å²) in [6, 6.07) is 3.82. The quantitative estimate of drug-likeness (QED) is 0.921. The number of rotatable bonds is 2. The molecule has 0 bridgehead atoms. The van der Waals surface area contributed by atoms with Crippen LogP contribution >= 0.6 is 0 Å². The van der Waals surface area contributed by atoms with E-state index in [9.17, 15) is 4.79 Å². The zero-order chi connectivity index (χ0) is 15.5. The lowest BCUT2D eigenvalue weighted by Gasteiger charge is -2.28. The highest BCUT2D eigenvalue weighted by Gasteiger charge is 2.31. The first-order valence-electron chi connectivity index (χ1n) is 7.60. The van der Waals surface area contributed by atoms with Crippen LogP contribution in [0.4, 0.5) is 5.82 Å². The molecule has 0 saturated carbocycles. The minimum absolute atomic E-state index is 0.0647. The number of anilines is 1. The molecule has 2 N–H and O–H groups in total. The number of aromatic nitrogens is 2. The summed E-state index contributed by atoms with van der Waals surface area (Å²) >= 11 is 0. The van der Waals surface area contributed by atoms with E-state index in [1.165, 1.54) is 12.4 Å². The molecule has 6 nitrogen and oxygen atoms in total. The normalized spacial score (nSPS) is 19.0. The maximum atomic E-state index is 12.9. The molecule has 2 aromatic rings. The van der Waals surface area contributed by atoms with Crippen LogP contribution in [-0.2, 0) is 0 Å². The molecule has 1 saturated heterocycles. The Hall–Kier alpha value is -2.37. The van der Waals surface area contributed by atoms with Gasteiger partial charge in [0.1, 0.15) is 11.5 Å². The Labute approximate surface area is 129 Å². The maximum Gasteiger partial charge on any atom is 0.276 e. The second kappa shape index (κ2) is 6.17. The van der Waals surface area contributed by atoms with Gasteiger partial charge in [0.15, 0.2) is 11.5 Å². The Morgan fingerprint density at radius 1 is 1.27 bits per heavy atom. The zero-order valence-electron chi connectivity index (χ0n) is 12.7. The summed E-state index contributed by atoms with van der Waals surface area (Å²) in [5.41, 5.74) is 6.03. The van der Waals surface area contributed by atoms with E-state index in [0.717, 1.165) is 37.2 Å². The van der Waals surface area contributed by atoms with Crippen molar-refractivity contribution in [3.63, 3.8) is 0 Å². The molecule has 1 unspecified atom stereocenters. The largest absolute Gasteiger partial charge is 0.464 e. The molecule has 0 aromatic carbocycles. The molecule has 3 heterocycles. The summed E-state index contributed by atoms with van der Waals surface area (Å²) in [4.78, 5) is 22.8. The Balaban J connectivity index is 1.94. The van der Waals surface area contributed by atoms with Crippen molar-refractivity contribution in [2.45, 2.75) is 38.6 Å². The van der Waals surface area contributed by atoms with Crippen molar-refractivity contribution in [1.82, 2.24) is 14.9 Å². The van der Waals surface area contributed by atoms with E-state index < -0.39 is 0 Å². The number of hydrogen-bond acceptors (Lipinski definition) is 5.